The van der Waals surface area contributed by atoms with Gasteiger partial charge >= 0.3 is 0 Å². The molecule has 0 amide bonds. The molecule has 0 radical (unpaired) electrons. The lowest BCUT2D eigenvalue weighted by atomic mass is 10.1. The number of halogens is 2. The van der Waals surface area contributed by atoms with E-state index in [1.807, 2.05) is 31.2 Å². The van der Waals surface area contributed by atoms with Crippen LogP contribution in [-0.2, 0) is 0 Å². The van der Waals surface area contributed by atoms with Gasteiger partial charge in [0.15, 0.2) is 0 Å². The summed E-state index contributed by atoms with van der Waals surface area (Å²) in [6.45, 7) is 3.34. The van der Waals surface area contributed by atoms with Gasteiger partial charge in [-0.2, -0.15) is 0 Å². The Morgan fingerprint density at radius 2 is 1.69 bits per heavy atom. The third kappa shape index (κ3) is 3.45. The molecule has 1 N–H and O–H groups in total. The quantitative estimate of drug-likeness (QED) is 0.838. The van der Waals surface area contributed by atoms with Crippen LogP contribution in [0, 0.1) is 0 Å². The molecule has 0 saturated carbocycles. The fourth-order valence-electron chi connectivity index (χ4n) is 1.46. The average Bonchev–Trinajstić information content (AvgIpc) is 2.28. The van der Waals surface area contributed by atoms with E-state index >= 15 is 0 Å². The third-order valence-corrected chi connectivity index (χ3v) is 2.51. The van der Waals surface area contributed by atoms with Crippen molar-refractivity contribution in [2.45, 2.75) is 32.4 Å². The van der Waals surface area contributed by atoms with E-state index in [1.54, 1.807) is 7.11 Å². The summed E-state index contributed by atoms with van der Waals surface area (Å²) in [4.78, 5) is 0. The Hall–Kier alpha value is -1.16. The van der Waals surface area contributed by atoms with Crippen LogP contribution in [0.5, 0.6) is 5.75 Å². The smallest absolute Gasteiger partial charge is 0.253 e. The van der Waals surface area contributed by atoms with Crippen molar-refractivity contribution in [1.82, 2.24) is 5.32 Å². The van der Waals surface area contributed by atoms with Crippen LogP contribution >= 0.6 is 0 Å². The molecule has 1 rings (SSSR count). The van der Waals surface area contributed by atoms with Gasteiger partial charge in [-0.3, -0.25) is 0 Å². The minimum Gasteiger partial charge on any atom is -0.497 e. The molecule has 90 valence electrons. The van der Waals surface area contributed by atoms with E-state index in [1.165, 1.54) is 6.92 Å². The zero-order valence-electron chi connectivity index (χ0n) is 9.71. The average molecular weight is 229 g/mol. The fraction of sp³-hybridized carbons (Fsp3) is 0.500. The Labute approximate surface area is 94.6 Å². The molecular weight excluding hydrogens is 212 g/mol. The first-order chi connectivity index (χ1) is 7.54. The first kappa shape index (κ1) is 12.9. The van der Waals surface area contributed by atoms with Crippen LogP contribution in [0.2, 0.25) is 0 Å². The van der Waals surface area contributed by atoms with E-state index in [0.29, 0.717) is 0 Å². The maximum Gasteiger partial charge on any atom is 0.253 e. The molecular formula is C12H17F2NO. The zero-order chi connectivity index (χ0) is 12.1. The van der Waals surface area contributed by atoms with Crippen molar-refractivity contribution < 1.29 is 13.5 Å². The Morgan fingerprint density at radius 3 is 2.12 bits per heavy atom. The Balaban J connectivity index is 2.62. The minimum absolute atomic E-state index is 0.102. The number of alkyl halides is 2. The lowest BCUT2D eigenvalue weighted by Gasteiger charge is -2.19. The molecule has 1 aromatic carbocycles. The van der Waals surface area contributed by atoms with Gasteiger partial charge in [0.25, 0.3) is 6.43 Å². The molecule has 0 saturated heterocycles. The van der Waals surface area contributed by atoms with Crippen molar-refractivity contribution in [2.75, 3.05) is 7.11 Å². The number of rotatable bonds is 5. The van der Waals surface area contributed by atoms with Crippen LogP contribution in [0.1, 0.15) is 25.5 Å². The zero-order valence-corrected chi connectivity index (χ0v) is 9.71. The third-order valence-electron chi connectivity index (χ3n) is 2.51. The molecule has 0 bridgehead atoms. The lowest BCUT2D eigenvalue weighted by molar-refractivity contribution is 0.101. The fourth-order valence-corrected chi connectivity index (χ4v) is 1.46. The second-order valence-corrected chi connectivity index (χ2v) is 3.78. The topological polar surface area (TPSA) is 21.3 Å². The number of nitrogens with one attached hydrogen (secondary N) is 1. The van der Waals surface area contributed by atoms with Crippen LogP contribution < -0.4 is 10.1 Å². The van der Waals surface area contributed by atoms with Gasteiger partial charge in [-0.05, 0) is 31.5 Å². The highest BCUT2D eigenvalue weighted by Crippen LogP contribution is 2.18. The summed E-state index contributed by atoms with van der Waals surface area (Å²) < 4.78 is 29.7. The summed E-state index contributed by atoms with van der Waals surface area (Å²) in [6, 6.07) is 6.47. The molecule has 2 atom stereocenters. The summed E-state index contributed by atoms with van der Waals surface area (Å²) in [5.41, 5.74) is 0.966. The van der Waals surface area contributed by atoms with E-state index < -0.39 is 12.5 Å². The maximum atomic E-state index is 12.3. The number of methoxy groups -OCH3 is 1. The molecule has 1 unspecified atom stereocenters. The van der Waals surface area contributed by atoms with Crippen molar-refractivity contribution in [3.05, 3.63) is 29.8 Å². The normalized spacial score (nSPS) is 14.9. The number of ether oxygens (including phenoxy) is 1. The second kappa shape index (κ2) is 5.80. The summed E-state index contributed by atoms with van der Waals surface area (Å²) in [6.07, 6.45) is -2.35. The van der Waals surface area contributed by atoms with Crippen molar-refractivity contribution in [3.63, 3.8) is 0 Å². The highest BCUT2D eigenvalue weighted by Gasteiger charge is 2.17. The largest absolute Gasteiger partial charge is 0.497 e. The van der Waals surface area contributed by atoms with Crippen LogP contribution in [0.3, 0.4) is 0 Å². The summed E-state index contributed by atoms with van der Waals surface area (Å²) in [5, 5.41) is 2.84. The van der Waals surface area contributed by atoms with Gasteiger partial charge in [0.05, 0.1) is 13.2 Å². The molecule has 0 aromatic heterocycles. The molecule has 0 heterocycles. The van der Waals surface area contributed by atoms with Crippen LogP contribution in [-0.4, -0.2) is 19.6 Å². The van der Waals surface area contributed by atoms with E-state index in [0.717, 1.165) is 11.3 Å². The molecule has 4 heteroatoms. The van der Waals surface area contributed by atoms with Gasteiger partial charge in [-0.25, -0.2) is 8.78 Å². The summed E-state index contributed by atoms with van der Waals surface area (Å²) >= 11 is 0. The Kier molecular flexibility index (Phi) is 4.68. The molecule has 0 spiro atoms. The highest BCUT2D eigenvalue weighted by atomic mass is 19.3. The van der Waals surface area contributed by atoms with Gasteiger partial charge in [0, 0.05) is 6.04 Å². The Bertz CT molecular complexity index is 313. The molecule has 0 fully saturated rings. The van der Waals surface area contributed by atoms with E-state index in [4.69, 9.17) is 4.74 Å². The lowest BCUT2D eigenvalue weighted by Crippen LogP contribution is -2.34. The summed E-state index contributed by atoms with van der Waals surface area (Å²) in [7, 11) is 1.59. The number of benzene rings is 1. The predicted octanol–water partition coefficient (Wildman–Crippen LogP) is 3.00. The van der Waals surface area contributed by atoms with E-state index in [2.05, 4.69) is 5.32 Å². The standard InChI is InChI=1S/C12H17F2NO/c1-8(15-9(2)12(13)14)10-4-6-11(16-3)7-5-10/h4-9,12,15H,1-3H3/t8-,9?/m0/s1. The monoisotopic (exact) mass is 229 g/mol. The predicted molar refractivity (Wildman–Crippen MR) is 60.0 cm³/mol. The van der Waals surface area contributed by atoms with Crippen molar-refractivity contribution in [1.29, 1.82) is 0 Å². The number of hydrogen-bond donors (Lipinski definition) is 1. The first-order valence-electron chi connectivity index (χ1n) is 5.22. The van der Waals surface area contributed by atoms with Gasteiger partial charge in [0.2, 0.25) is 0 Å². The van der Waals surface area contributed by atoms with E-state index in [-0.39, 0.29) is 6.04 Å². The second-order valence-electron chi connectivity index (χ2n) is 3.78. The minimum atomic E-state index is -2.35. The maximum absolute atomic E-state index is 12.3. The van der Waals surface area contributed by atoms with Gasteiger partial charge < -0.3 is 10.1 Å². The SMILES string of the molecule is COc1ccc([C@H](C)NC(C)C(F)F)cc1. The molecule has 0 aliphatic heterocycles. The van der Waals surface area contributed by atoms with Crippen LogP contribution in [0.4, 0.5) is 8.78 Å². The van der Waals surface area contributed by atoms with Crippen molar-refractivity contribution in [2.24, 2.45) is 0 Å². The molecule has 2 nitrogen and oxygen atoms in total. The van der Waals surface area contributed by atoms with Crippen LogP contribution in [0.15, 0.2) is 24.3 Å². The summed E-state index contributed by atoms with van der Waals surface area (Å²) in [5.74, 6) is 0.762. The first-order valence-corrected chi connectivity index (χ1v) is 5.22. The van der Waals surface area contributed by atoms with Crippen molar-refractivity contribution >= 4 is 0 Å². The molecule has 16 heavy (non-hydrogen) atoms. The highest BCUT2D eigenvalue weighted by molar-refractivity contribution is 5.28. The van der Waals surface area contributed by atoms with Gasteiger partial charge in [-0.15, -0.1) is 0 Å². The van der Waals surface area contributed by atoms with Gasteiger partial charge in [0.1, 0.15) is 5.75 Å². The van der Waals surface area contributed by atoms with Gasteiger partial charge in [-0.1, -0.05) is 12.1 Å². The van der Waals surface area contributed by atoms with Crippen LogP contribution in [0.25, 0.3) is 0 Å². The number of hydrogen-bond acceptors (Lipinski definition) is 2. The van der Waals surface area contributed by atoms with E-state index in [9.17, 15) is 8.78 Å². The van der Waals surface area contributed by atoms with Crippen molar-refractivity contribution in [3.8, 4) is 5.75 Å². The molecule has 0 aliphatic carbocycles. The Morgan fingerprint density at radius 1 is 1.12 bits per heavy atom. The molecule has 1 aromatic rings. The molecule has 0 aliphatic rings.